The van der Waals surface area contributed by atoms with Gasteiger partial charge in [-0.2, -0.15) is 0 Å². The van der Waals surface area contributed by atoms with Crippen molar-refractivity contribution < 1.29 is 18.8 Å². The van der Waals surface area contributed by atoms with Gasteiger partial charge in [0.25, 0.3) is 11.1 Å². The lowest BCUT2D eigenvalue weighted by Crippen LogP contribution is -2.41. The number of thiazole rings is 1. The van der Waals surface area contributed by atoms with Gasteiger partial charge in [0.15, 0.2) is 0 Å². The maximum atomic E-state index is 12.4. The number of ether oxygens (including phenoxy) is 2. The number of fused-ring (bicyclic) bond motifs is 1. The topological polar surface area (TPSA) is 77.7 Å². The number of carbonyl (C=O) groups is 1. The summed E-state index contributed by atoms with van der Waals surface area (Å²) in [4.78, 5) is 18.7. The summed E-state index contributed by atoms with van der Waals surface area (Å²) in [6, 6.07) is 7.47. The van der Waals surface area contributed by atoms with Gasteiger partial charge in [0.05, 0.1) is 23.0 Å². The van der Waals surface area contributed by atoms with Crippen LogP contribution < -0.4 is 9.47 Å². The molecule has 0 bridgehead atoms. The van der Waals surface area contributed by atoms with Crippen molar-refractivity contribution in [1.82, 2.24) is 15.0 Å². The van der Waals surface area contributed by atoms with E-state index in [4.69, 9.17) is 14.0 Å². The highest BCUT2D eigenvalue weighted by Crippen LogP contribution is 2.32. The van der Waals surface area contributed by atoms with E-state index in [1.165, 1.54) is 11.3 Å². The van der Waals surface area contributed by atoms with Gasteiger partial charge in [-0.05, 0) is 19.1 Å². The highest BCUT2D eigenvalue weighted by molar-refractivity contribution is 7.20. The van der Waals surface area contributed by atoms with E-state index in [0.717, 1.165) is 28.8 Å². The van der Waals surface area contributed by atoms with E-state index >= 15 is 0 Å². The Balaban J connectivity index is 1.37. The molecule has 3 heterocycles. The number of piperidine rings is 1. The number of aromatic nitrogens is 2. The molecule has 7 nitrogen and oxygen atoms in total. The highest BCUT2D eigenvalue weighted by atomic mass is 32.1. The molecule has 1 aromatic carbocycles. The first kappa shape index (κ1) is 16.8. The van der Waals surface area contributed by atoms with Crippen molar-refractivity contribution in [3.05, 3.63) is 35.7 Å². The molecule has 136 valence electrons. The molecule has 1 aliphatic heterocycles. The maximum absolute atomic E-state index is 12.4. The lowest BCUT2D eigenvalue weighted by molar-refractivity contribution is 0.0558. The van der Waals surface area contributed by atoms with Gasteiger partial charge in [-0.1, -0.05) is 16.5 Å². The van der Waals surface area contributed by atoms with Crippen molar-refractivity contribution in [3.63, 3.8) is 0 Å². The predicted molar refractivity (Wildman–Crippen MR) is 97.0 cm³/mol. The van der Waals surface area contributed by atoms with E-state index in [1.54, 1.807) is 25.0 Å². The van der Waals surface area contributed by atoms with E-state index in [-0.39, 0.29) is 12.0 Å². The molecular weight excluding hydrogens is 354 g/mol. The molecule has 26 heavy (non-hydrogen) atoms. The van der Waals surface area contributed by atoms with Crippen molar-refractivity contribution in [2.45, 2.75) is 25.9 Å². The van der Waals surface area contributed by atoms with Gasteiger partial charge in [0.2, 0.25) is 5.76 Å². The van der Waals surface area contributed by atoms with Crippen LogP contribution in [0.4, 0.5) is 0 Å². The SMILES string of the molecule is COc1ccc2sc(OC3CCN(C(=O)c4cc(C)no4)CC3)nc2c1. The van der Waals surface area contributed by atoms with Crippen LogP contribution in [-0.4, -0.2) is 47.3 Å². The Hall–Kier alpha value is -2.61. The monoisotopic (exact) mass is 373 g/mol. The van der Waals surface area contributed by atoms with Crippen molar-refractivity contribution in [1.29, 1.82) is 0 Å². The number of carbonyl (C=O) groups excluding carboxylic acids is 1. The Kier molecular flexibility index (Phi) is 4.50. The molecule has 0 atom stereocenters. The molecule has 0 unspecified atom stereocenters. The van der Waals surface area contributed by atoms with Crippen molar-refractivity contribution in [2.75, 3.05) is 20.2 Å². The normalized spacial score (nSPS) is 15.4. The molecule has 2 aromatic heterocycles. The summed E-state index contributed by atoms with van der Waals surface area (Å²) in [5.74, 6) is 0.960. The largest absolute Gasteiger partial charge is 0.497 e. The molecule has 3 aromatic rings. The number of nitrogens with zero attached hydrogens (tertiary/aromatic N) is 3. The van der Waals surface area contributed by atoms with Crippen molar-refractivity contribution >= 4 is 27.5 Å². The second-order valence-electron chi connectivity index (χ2n) is 6.26. The smallest absolute Gasteiger partial charge is 0.292 e. The molecule has 1 fully saturated rings. The zero-order valence-corrected chi connectivity index (χ0v) is 15.4. The van der Waals surface area contributed by atoms with Crippen LogP contribution in [-0.2, 0) is 0 Å². The average molecular weight is 373 g/mol. The summed E-state index contributed by atoms with van der Waals surface area (Å²) in [5, 5.41) is 4.43. The van der Waals surface area contributed by atoms with Gasteiger partial charge in [-0.3, -0.25) is 4.79 Å². The third-order valence-corrected chi connectivity index (χ3v) is 5.34. The quantitative estimate of drug-likeness (QED) is 0.698. The van der Waals surface area contributed by atoms with Crippen LogP contribution in [0.2, 0.25) is 0 Å². The van der Waals surface area contributed by atoms with E-state index in [2.05, 4.69) is 10.1 Å². The maximum Gasteiger partial charge on any atom is 0.292 e. The summed E-state index contributed by atoms with van der Waals surface area (Å²) in [6.45, 7) is 3.05. The van der Waals surface area contributed by atoms with Gasteiger partial charge < -0.3 is 18.9 Å². The molecule has 1 saturated heterocycles. The summed E-state index contributed by atoms with van der Waals surface area (Å²) in [7, 11) is 1.64. The van der Waals surface area contributed by atoms with E-state index in [1.807, 2.05) is 18.2 Å². The Morgan fingerprint density at radius 1 is 1.31 bits per heavy atom. The van der Waals surface area contributed by atoms with Crippen LogP contribution in [0.15, 0.2) is 28.8 Å². The highest BCUT2D eigenvalue weighted by Gasteiger charge is 2.27. The van der Waals surface area contributed by atoms with Gasteiger partial charge in [-0.25, -0.2) is 4.98 Å². The van der Waals surface area contributed by atoms with Gasteiger partial charge in [0.1, 0.15) is 11.9 Å². The number of methoxy groups -OCH3 is 1. The number of hydrogen-bond acceptors (Lipinski definition) is 7. The van der Waals surface area contributed by atoms with E-state index in [9.17, 15) is 4.79 Å². The third kappa shape index (κ3) is 3.37. The minimum Gasteiger partial charge on any atom is -0.497 e. The van der Waals surface area contributed by atoms with Crippen molar-refractivity contribution in [2.24, 2.45) is 0 Å². The van der Waals surface area contributed by atoms with Crippen molar-refractivity contribution in [3.8, 4) is 10.9 Å². The summed E-state index contributed by atoms with van der Waals surface area (Å²) >= 11 is 1.52. The predicted octanol–water partition coefficient (Wildman–Crippen LogP) is 3.28. The fourth-order valence-electron chi connectivity index (χ4n) is 3.00. The Morgan fingerprint density at radius 3 is 2.81 bits per heavy atom. The van der Waals surface area contributed by atoms with Crippen LogP contribution in [0, 0.1) is 6.92 Å². The number of amides is 1. The lowest BCUT2D eigenvalue weighted by atomic mass is 10.1. The van der Waals surface area contributed by atoms with Crippen LogP contribution >= 0.6 is 11.3 Å². The molecular formula is C18H19N3O4S. The first-order valence-corrected chi connectivity index (χ1v) is 9.28. The number of likely N-dealkylation sites (tertiary alicyclic amines) is 1. The summed E-state index contributed by atoms with van der Waals surface area (Å²) in [6.07, 6.45) is 1.58. The van der Waals surface area contributed by atoms with Crippen LogP contribution in [0.25, 0.3) is 10.2 Å². The van der Waals surface area contributed by atoms with Crippen LogP contribution in [0.5, 0.6) is 10.9 Å². The lowest BCUT2D eigenvalue weighted by Gasteiger charge is -2.30. The standard InChI is InChI=1S/C18H19N3O4S/c1-11-9-15(25-20-11)17(22)21-7-5-12(6-8-21)24-18-19-14-10-13(23-2)3-4-16(14)26-18/h3-4,9-10,12H,5-8H2,1-2H3. The zero-order chi connectivity index (χ0) is 18.1. The zero-order valence-electron chi connectivity index (χ0n) is 14.6. The molecule has 1 aliphatic rings. The van der Waals surface area contributed by atoms with E-state index < -0.39 is 0 Å². The summed E-state index contributed by atoms with van der Waals surface area (Å²) < 4.78 is 17.4. The molecule has 0 spiro atoms. The van der Waals surface area contributed by atoms with E-state index in [0.29, 0.717) is 29.7 Å². The fraction of sp³-hybridized carbons (Fsp3) is 0.389. The Morgan fingerprint density at radius 2 is 2.12 bits per heavy atom. The molecule has 0 saturated carbocycles. The second-order valence-corrected chi connectivity index (χ2v) is 7.25. The minimum atomic E-state index is -0.115. The molecule has 0 radical (unpaired) electrons. The summed E-state index contributed by atoms with van der Waals surface area (Å²) in [5.41, 5.74) is 1.58. The molecule has 1 amide bonds. The number of benzene rings is 1. The molecule has 8 heteroatoms. The number of rotatable bonds is 4. The fourth-order valence-corrected chi connectivity index (χ4v) is 3.86. The van der Waals surface area contributed by atoms with Gasteiger partial charge >= 0.3 is 0 Å². The van der Waals surface area contributed by atoms with Crippen LogP contribution in [0.3, 0.4) is 0 Å². The molecule has 0 aliphatic carbocycles. The second kappa shape index (κ2) is 6.95. The van der Waals surface area contributed by atoms with Gasteiger partial charge in [-0.15, -0.1) is 0 Å². The first-order valence-electron chi connectivity index (χ1n) is 8.46. The molecule has 0 N–H and O–H groups in total. The van der Waals surface area contributed by atoms with Crippen LogP contribution in [0.1, 0.15) is 29.1 Å². The minimum absolute atomic E-state index is 0.0537. The number of aryl methyl sites for hydroxylation is 1. The van der Waals surface area contributed by atoms with Gasteiger partial charge in [0, 0.05) is 38.1 Å². The first-order chi connectivity index (χ1) is 12.6. The Labute approximate surface area is 154 Å². The average Bonchev–Trinajstić information content (AvgIpc) is 3.26. The third-order valence-electron chi connectivity index (χ3n) is 4.41. The Bertz CT molecular complexity index is 928. The number of hydrogen-bond donors (Lipinski definition) is 0. The molecule has 4 rings (SSSR count).